The fraction of sp³-hybridized carbons (Fsp3) is 0.167. The summed E-state index contributed by atoms with van der Waals surface area (Å²) in [4.78, 5) is 20.3. The van der Waals surface area contributed by atoms with Crippen molar-refractivity contribution in [2.24, 2.45) is 0 Å². The summed E-state index contributed by atoms with van der Waals surface area (Å²) >= 11 is 0. The predicted molar refractivity (Wildman–Crippen MR) is 62.8 cm³/mol. The summed E-state index contributed by atoms with van der Waals surface area (Å²) in [6.07, 6.45) is 0. The van der Waals surface area contributed by atoms with E-state index in [-0.39, 0.29) is 5.91 Å². The van der Waals surface area contributed by atoms with Gasteiger partial charge in [0.2, 0.25) is 0 Å². The molecule has 0 saturated carbocycles. The number of fused-ring (bicyclic) bond motifs is 1. The molecule has 0 fully saturated rings. The second-order valence-corrected chi connectivity index (χ2v) is 3.39. The van der Waals surface area contributed by atoms with E-state index in [9.17, 15) is 4.79 Å². The number of hydrogen-bond donors (Lipinski definition) is 1. The minimum atomic E-state index is -0.370. The maximum Gasteiger partial charge on any atom is 0.293 e. The van der Waals surface area contributed by atoms with Crippen LogP contribution in [0.5, 0.6) is 5.75 Å². The van der Waals surface area contributed by atoms with Gasteiger partial charge in [0.05, 0.1) is 19.7 Å². The lowest BCUT2D eigenvalue weighted by molar-refractivity contribution is 0.0533. The van der Waals surface area contributed by atoms with Crippen molar-refractivity contribution in [2.75, 3.05) is 14.2 Å². The number of hydroxylamine groups is 1. The van der Waals surface area contributed by atoms with Crippen LogP contribution in [0.1, 0.15) is 10.5 Å². The maximum absolute atomic E-state index is 11.5. The van der Waals surface area contributed by atoms with Crippen LogP contribution in [0, 0.1) is 0 Å². The number of nitrogens with one attached hydrogen (secondary N) is 1. The second kappa shape index (κ2) is 4.80. The van der Waals surface area contributed by atoms with Crippen LogP contribution in [-0.4, -0.2) is 25.1 Å². The molecule has 0 aliphatic heterocycles. The molecule has 0 unspecified atom stereocenters. The lowest BCUT2D eigenvalue weighted by atomic mass is 10.2. The maximum atomic E-state index is 11.5. The number of carbonyl (C=O) groups excluding carboxylic acids is 1. The van der Waals surface area contributed by atoms with Crippen LogP contribution in [0.3, 0.4) is 0 Å². The van der Waals surface area contributed by atoms with Gasteiger partial charge in [-0.3, -0.25) is 9.63 Å². The summed E-state index contributed by atoms with van der Waals surface area (Å²) in [5, 5.41) is 0.915. The molecule has 0 aliphatic carbocycles. The number of ether oxygens (including phenoxy) is 1. The van der Waals surface area contributed by atoms with Crippen molar-refractivity contribution >= 4 is 16.8 Å². The Morgan fingerprint density at radius 2 is 2.06 bits per heavy atom. The van der Waals surface area contributed by atoms with Gasteiger partial charge in [0.1, 0.15) is 11.4 Å². The summed E-state index contributed by atoms with van der Waals surface area (Å²) in [6.45, 7) is 0. The molecule has 5 nitrogen and oxygen atoms in total. The molecule has 1 N–H and O–H groups in total. The molecule has 1 amide bonds. The normalized spacial score (nSPS) is 10.2. The SMILES string of the molecule is CONC(=O)c1ccc2cc(OC)ccc2n1. The van der Waals surface area contributed by atoms with Crippen LogP contribution in [-0.2, 0) is 4.84 Å². The third kappa shape index (κ3) is 2.34. The Bertz CT molecular complexity index is 554. The zero-order chi connectivity index (χ0) is 12.3. The zero-order valence-corrected chi connectivity index (χ0v) is 9.56. The highest BCUT2D eigenvalue weighted by atomic mass is 16.6. The van der Waals surface area contributed by atoms with Crippen molar-refractivity contribution in [3.05, 3.63) is 36.0 Å². The van der Waals surface area contributed by atoms with Crippen molar-refractivity contribution in [1.82, 2.24) is 10.5 Å². The van der Waals surface area contributed by atoms with Crippen LogP contribution in [0.15, 0.2) is 30.3 Å². The van der Waals surface area contributed by atoms with Gasteiger partial charge in [-0.25, -0.2) is 10.5 Å². The monoisotopic (exact) mass is 232 g/mol. The van der Waals surface area contributed by atoms with Crippen molar-refractivity contribution in [2.45, 2.75) is 0 Å². The molecule has 0 saturated heterocycles. The van der Waals surface area contributed by atoms with Crippen LogP contribution >= 0.6 is 0 Å². The molecule has 0 spiro atoms. The molecule has 88 valence electrons. The van der Waals surface area contributed by atoms with Gasteiger partial charge in [0.25, 0.3) is 5.91 Å². The molecule has 0 aliphatic rings. The average molecular weight is 232 g/mol. The van der Waals surface area contributed by atoms with Gasteiger partial charge < -0.3 is 4.74 Å². The van der Waals surface area contributed by atoms with Gasteiger partial charge in [-0.1, -0.05) is 6.07 Å². The minimum absolute atomic E-state index is 0.310. The van der Waals surface area contributed by atoms with Crippen LogP contribution < -0.4 is 10.2 Å². The van der Waals surface area contributed by atoms with Gasteiger partial charge in [0, 0.05) is 5.39 Å². The van der Waals surface area contributed by atoms with E-state index in [0.29, 0.717) is 5.69 Å². The Labute approximate surface area is 98.3 Å². The molecule has 0 bridgehead atoms. The van der Waals surface area contributed by atoms with E-state index in [0.717, 1.165) is 16.7 Å². The molecule has 2 aromatic rings. The van der Waals surface area contributed by atoms with Crippen molar-refractivity contribution < 1.29 is 14.4 Å². The summed E-state index contributed by atoms with van der Waals surface area (Å²) in [5.74, 6) is 0.388. The quantitative estimate of drug-likeness (QED) is 0.815. The first-order valence-electron chi connectivity index (χ1n) is 5.02. The number of carbonyl (C=O) groups is 1. The van der Waals surface area contributed by atoms with Crippen molar-refractivity contribution in [3.63, 3.8) is 0 Å². The lowest BCUT2D eigenvalue weighted by Crippen LogP contribution is -2.22. The molecule has 0 atom stereocenters. The van der Waals surface area contributed by atoms with Crippen LogP contribution in [0.25, 0.3) is 10.9 Å². The van der Waals surface area contributed by atoms with E-state index in [1.807, 2.05) is 12.1 Å². The van der Waals surface area contributed by atoms with Crippen molar-refractivity contribution in [1.29, 1.82) is 0 Å². The number of rotatable bonds is 3. The number of methoxy groups -OCH3 is 1. The number of aromatic nitrogens is 1. The molecule has 2 rings (SSSR count). The largest absolute Gasteiger partial charge is 0.497 e. The third-order valence-electron chi connectivity index (χ3n) is 2.32. The fourth-order valence-electron chi connectivity index (χ4n) is 1.50. The van der Waals surface area contributed by atoms with E-state index in [1.165, 1.54) is 7.11 Å². The standard InChI is InChI=1S/C12H12N2O3/c1-16-9-4-6-10-8(7-9)3-5-11(13-10)12(15)14-17-2/h3-7H,1-2H3,(H,14,15). The van der Waals surface area contributed by atoms with E-state index in [4.69, 9.17) is 4.74 Å². The zero-order valence-electron chi connectivity index (χ0n) is 9.56. The van der Waals surface area contributed by atoms with E-state index >= 15 is 0 Å². The molecule has 5 heteroatoms. The lowest BCUT2D eigenvalue weighted by Gasteiger charge is -2.04. The Kier molecular flexibility index (Phi) is 3.20. The highest BCUT2D eigenvalue weighted by molar-refractivity contribution is 5.94. The molecule has 17 heavy (non-hydrogen) atoms. The van der Waals surface area contributed by atoms with Gasteiger partial charge in [-0.15, -0.1) is 0 Å². The number of pyridine rings is 1. The number of benzene rings is 1. The van der Waals surface area contributed by atoms with Gasteiger partial charge in [-0.05, 0) is 24.3 Å². The first-order chi connectivity index (χ1) is 8.24. The van der Waals surface area contributed by atoms with E-state index in [1.54, 1.807) is 25.3 Å². The van der Waals surface area contributed by atoms with E-state index in [2.05, 4.69) is 15.3 Å². The summed E-state index contributed by atoms with van der Waals surface area (Å²) in [5.41, 5.74) is 3.26. The number of hydrogen-bond acceptors (Lipinski definition) is 4. The summed E-state index contributed by atoms with van der Waals surface area (Å²) in [6, 6.07) is 8.91. The molecule has 1 aromatic heterocycles. The molecule has 1 heterocycles. The van der Waals surface area contributed by atoms with Gasteiger partial charge in [0.15, 0.2) is 0 Å². The Morgan fingerprint density at radius 1 is 1.24 bits per heavy atom. The molecule has 0 radical (unpaired) electrons. The number of amides is 1. The Balaban J connectivity index is 2.41. The van der Waals surface area contributed by atoms with E-state index < -0.39 is 0 Å². The van der Waals surface area contributed by atoms with Gasteiger partial charge >= 0.3 is 0 Å². The Morgan fingerprint density at radius 3 is 2.76 bits per heavy atom. The highest BCUT2D eigenvalue weighted by Crippen LogP contribution is 2.19. The van der Waals surface area contributed by atoms with Gasteiger partial charge in [-0.2, -0.15) is 0 Å². The first kappa shape index (κ1) is 11.3. The predicted octanol–water partition coefficient (Wildman–Crippen LogP) is 1.53. The average Bonchev–Trinajstić information content (AvgIpc) is 2.37. The fourth-order valence-corrected chi connectivity index (χ4v) is 1.50. The summed E-state index contributed by atoms with van der Waals surface area (Å²) < 4.78 is 5.11. The summed E-state index contributed by atoms with van der Waals surface area (Å²) in [7, 11) is 2.98. The van der Waals surface area contributed by atoms with Crippen LogP contribution in [0.4, 0.5) is 0 Å². The van der Waals surface area contributed by atoms with Crippen LogP contribution in [0.2, 0.25) is 0 Å². The molecule has 1 aromatic carbocycles. The smallest absolute Gasteiger partial charge is 0.293 e. The Hall–Kier alpha value is -2.14. The first-order valence-corrected chi connectivity index (χ1v) is 5.02. The second-order valence-electron chi connectivity index (χ2n) is 3.39. The third-order valence-corrected chi connectivity index (χ3v) is 2.32. The van der Waals surface area contributed by atoms with Crippen molar-refractivity contribution in [3.8, 4) is 5.75 Å². The highest BCUT2D eigenvalue weighted by Gasteiger charge is 2.07. The topological polar surface area (TPSA) is 60.5 Å². The molecular formula is C12H12N2O3. The minimum Gasteiger partial charge on any atom is -0.497 e. The molecular weight excluding hydrogens is 220 g/mol. The number of nitrogens with zero attached hydrogens (tertiary/aromatic N) is 1.